The van der Waals surface area contributed by atoms with Gasteiger partial charge in [0.05, 0.1) is 15.2 Å². The van der Waals surface area contributed by atoms with Gasteiger partial charge < -0.3 is 5.73 Å². The van der Waals surface area contributed by atoms with Crippen LogP contribution in [0.5, 0.6) is 0 Å². The van der Waals surface area contributed by atoms with Crippen molar-refractivity contribution in [2.24, 2.45) is 22.5 Å². The molecule has 0 bridgehead atoms. The molecule has 0 amide bonds. The molecule has 3 heteroatoms. The number of fused-ring (bicyclic) bond motifs is 1. The Balaban J connectivity index is 1.79. The first-order valence-corrected chi connectivity index (χ1v) is 7.76. The fourth-order valence-electron chi connectivity index (χ4n) is 3.64. The van der Waals surface area contributed by atoms with Crippen molar-refractivity contribution in [2.45, 2.75) is 40.2 Å². The summed E-state index contributed by atoms with van der Waals surface area (Å²) in [6.07, 6.45) is 0.900. The molecular weight excluding hydrogens is 252 g/mol. The van der Waals surface area contributed by atoms with E-state index in [9.17, 15) is 0 Å². The highest BCUT2D eigenvalue weighted by Crippen LogP contribution is 2.69. The third-order valence-corrected chi connectivity index (χ3v) is 6.37. The number of para-hydroxylation sites is 1. The average molecular weight is 274 g/mol. The summed E-state index contributed by atoms with van der Waals surface area (Å²) in [6.45, 7) is 9.32. The number of nitrogens with two attached hydrogens (primary N) is 1. The van der Waals surface area contributed by atoms with E-state index in [-0.39, 0.29) is 6.04 Å². The van der Waals surface area contributed by atoms with E-state index in [4.69, 9.17) is 10.7 Å². The summed E-state index contributed by atoms with van der Waals surface area (Å²) in [6, 6.07) is 8.53. The van der Waals surface area contributed by atoms with Crippen molar-refractivity contribution < 1.29 is 0 Å². The lowest BCUT2D eigenvalue weighted by Crippen LogP contribution is -2.28. The summed E-state index contributed by atoms with van der Waals surface area (Å²) in [5.74, 6) is 0.590. The van der Waals surface area contributed by atoms with Crippen LogP contribution in [0.4, 0.5) is 0 Å². The van der Waals surface area contributed by atoms with E-state index in [2.05, 4.69) is 45.9 Å². The van der Waals surface area contributed by atoms with E-state index in [1.165, 1.54) is 9.71 Å². The Morgan fingerprint density at radius 1 is 1.21 bits per heavy atom. The molecule has 1 saturated carbocycles. The highest BCUT2D eigenvalue weighted by atomic mass is 32.1. The maximum atomic E-state index is 6.45. The van der Waals surface area contributed by atoms with E-state index < -0.39 is 0 Å². The molecular formula is C16H22N2S. The first kappa shape index (κ1) is 13.1. The summed E-state index contributed by atoms with van der Waals surface area (Å²) >= 11 is 1.78. The van der Waals surface area contributed by atoms with Crippen molar-refractivity contribution in [3.05, 3.63) is 29.3 Å². The first-order chi connectivity index (χ1) is 8.84. The van der Waals surface area contributed by atoms with E-state index >= 15 is 0 Å². The second-order valence-corrected chi connectivity index (χ2v) is 7.98. The lowest BCUT2D eigenvalue weighted by Gasteiger charge is -2.11. The van der Waals surface area contributed by atoms with Crippen molar-refractivity contribution in [3.63, 3.8) is 0 Å². The Morgan fingerprint density at radius 3 is 2.42 bits per heavy atom. The topological polar surface area (TPSA) is 38.9 Å². The van der Waals surface area contributed by atoms with Gasteiger partial charge in [-0.3, -0.25) is 0 Å². The van der Waals surface area contributed by atoms with Crippen molar-refractivity contribution in [1.82, 2.24) is 4.98 Å². The van der Waals surface area contributed by atoms with Gasteiger partial charge in [0.25, 0.3) is 0 Å². The summed E-state index contributed by atoms with van der Waals surface area (Å²) in [5.41, 5.74) is 8.25. The Hall–Kier alpha value is -0.930. The number of rotatable bonds is 3. The van der Waals surface area contributed by atoms with Crippen LogP contribution < -0.4 is 5.73 Å². The van der Waals surface area contributed by atoms with Crippen molar-refractivity contribution in [3.8, 4) is 0 Å². The molecule has 19 heavy (non-hydrogen) atoms. The molecule has 3 rings (SSSR count). The van der Waals surface area contributed by atoms with Gasteiger partial charge in [-0.15, -0.1) is 11.3 Å². The molecule has 1 aliphatic rings. The van der Waals surface area contributed by atoms with Crippen LogP contribution in [0.2, 0.25) is 0 Å². The molecule has 1 heterocycles. The SMILES string of the molecule is CC1(C)C(C(N)Cc2nc3ccccc3s2)C1(C)C. The Kier molecular flexibility index (Phi) is 2.77. The number of hydrogen-bond acceptors (Lipinski definition) is 3. The summed E-state index contributed by atoms with van der Waals surface area (Å²) in [5, 5.41) is 1.17. The van der Waals surface area contributed by atoms with Crippen molar-refractivity contribution >= 4 is 21.6 Å². The van der Waals surface area contributed by atoms with Gasteiger partial charge in [-0.05, 0) is 28.9 Å². The third kappa shape index (κ3) is 1.91. The smallest absolute Gasteiger partial charge is 0.0954 e. The molecule has 1 aromatic heterocycles. The normalized spacial score (nSPS) is 22.6. The standard InChI is InChI=1S/C16H22N2S/c1-15(2)14(16(15,3)4)10(17)9-13-18-11-7-5-6-8-12(11)19-13/h5-8,10,14H,9,17H2,1-4H3. The van der Waals surface area contributed by atoms with Crippen LogP contribution >= 0.6 is 11.3 Å². The minimum atomic E-state index is 0.213. The lowest BCUT2D eigenvalue weighted by atomic mass is 10.0. The van der Waals surface area contributed by atoms with Crippen LogP contribution in [-0.4, -0.2) is 11.0 Å². The van der Waals surface area contributed by atoms with Crippen LogP contribution in [0.1, 0.15) is 32.7 Å². The molecule has 2 aromatic rings. The highest BCUT2D eigenvalue weighted by molar-refractivity contribution is 7.18. The van der Waals surface area contributed by atoms with E-state index in [1.807, 2.05) is 6.07 Å². The molecule has 1 aromatic carbocycles. The predicted octanol–water partition coefficient (Wildman–Crippen LogP) is 3.85. The maximum Gasteiger partial charge on any atom is 0.0954 e. The first-order valence-electron chi connectivity index (χ1n) is 6.94. The molecule has 1 atom stereocenters. The zero-order valence-corrected chi connectivity index (χ0v) is 12.9. The second kappa shape index (κ2) is 4.03. The van der Waals surface area contributed by atoms with Crippen molar-refractivity contribution in [1.29, 1.82) is 0 Å². The number of hydrogen-bond donors (Lipinski definition) is 1. The molecule has 1 fully saturated rings. The van der Waals surface area contributed by atoms with Crippen LogP contribution in [0.3, 0.4) is 0 Å². The van der Waals surface area contributed by atoms with Gasteiger partial charge in [0.15, 0.2) is 0 Å². The molecule has 0 radical (unpaired) electrons. The summed E-state index contributed by atoms with van der Waals surface area (Å²) in [4.78, 5) is 4.70. The fraction of sp³-hybridized carbons (Fsp3) is 0.562. The van der Waals surface area contributed by atoms with Gasteiger partial charge in [0, 0.05) is 12.5 Å². The Labute approximate surface area is 119 Å². The number of thiazole rings is 1. The van der Waals surface area contributed by atoms with Gasteiger partial charge in [-0.25, -0.2) is 4.98 Å². The highest BCUT2D eigenvalue weighted by Gasteiger charge is 2.66. The number of nitrogens with zero attached hydrogens (tertiary/aromatic N) is 1. The molecule has 1 aliphatic carbocycles. The van der Waals surface area contributed by atoms with Crippen LogP contribution in [0.15, 0.2) is 24.3 Å². The number of benzene rings is 1. The van der Waals surface area contributed by atoms with Crippen molar-refractivity contribution in [2.75, 3.05) is 0 Å². The van der Waals surface area contributed by atoms with Crippen LogP contribution in [0.25, 0.3) is 10.2 Å². The Bertz CT molecular complexity index is 565. The summed E-state index contributed by atoms with van der Waals surface area (Å²) in [7, 11) is 0. The molecule has 102 valence electrons. The van der Waals surface area contributed by atoms with Crippen LogP contribution in [0, 0.1) is 16.7 Å². The minimum Gasteiger partial charge on any atom is -0.327 e. The Morgan fingerprint density at radius 2 is 1.84 bits per heavy atom. The fourth-order valence-corrected chi connectivity index (χ4v) is 4.68. The molecule has 2 N–H and O–H groups in total. The molecule has 0 aliphatic heterocycles. The van der Waals surface area contributed by atoms with Gasteiger partial charge in [0.2, 0.25) is 0 Å². The zero-order chi connectivity index (χ0) is 13.8. The largest absolute Gasteiger partial charge is 0.327 e. The van der Waals surface area contributed by atoms with Gasteiger partial charge in [-0.2, -0.15) is 0 Å². The lowest BCUT2D eigenvalue weighted by molar-refractivity contribution is 0.457. The zero-order valence-electron chi connectivity index (χ0n) is 12.1. The quantitative estimate of drug-likeness (QED) is 0.923. The van der Waals surface area contributed by atoms with E-state index in [0.29, 0.717) is 16.7 Å². The second-order valence-electron chi connectivity index (χ2n) is 6.86. The summed E-state index contributed by atoms with van der Waals surface area (Å²) < 4.78 is 1.26. The predicted molar refractivity (Wildman–Crippen MR) is 82.4 cm³/mol. The maximum absolute atomic E-state index is 6.45. The van der Waals surface area contributed by atoms with Gasteiger partial charge in [-0.1, -0.05) is 39.8 Å². The average Bonchev–Trinajstić information content (AvgIpc) is 2.61. The minimum absolute atomic E-state index is 0.213. The molecule has 2 nitrogen and oxygen atoms in total. The van der Waals surface area contributed by atoms with E-state index in [1.54, 1.807) is 11.3 Å². The molecule has 1 unspecified atom stereocenters. The molecule has 0 spiro atoms. The molecule has 0 saturated heterocycles. The van der Waals surface area contributed by atoms with E-state index in [0.717, 1.165) is 11.9 Å². The third-order valence-electron chi connectivity index (χ3n) is 5.31. The van der Waals surface area contributed by atoms with Gasteiger partial charge >= 0.3 is 0 Å². The number of aromatic nitrogens is 1. The van der Waals surface area contributed by atoms with Gasteiger partial charge in [0.1, 0.15) is 0 Å². The monoisotopic (exact) mass is 274 g/mol. The van der Waals surface area contributed by atoms with Crippen LogP contribution in [-0.2, 0) is 6.42 Å².